The molecule has 3 atom stereocenters. The molecule has 0 aliphatic rings. The Morgan fingerprint density at radius 1 is 0.958 bits per heavy atom. The van der Waals surface area contributed by atoms with Crippen LogP contribution in [0.1, 0.15) is 27.2 Å². The first-order valence-corrected chi connectivity index (χ1v) is 7.56. The number of rotatable bonds is 10. The lowest BCUT2D eigenvalue weighted by Crippen LogP contribution is -2.56. The summed E-state index contributed by atoms with van der Waals surface area (Å²) in [4.78, 5) is 46.3. The molecule has 3 amide bonds. The molecule has 0 aromatic rings. The van der Waals surface area contributed by atoms with Crippen LogP contribution in [-0.2, 0) is 19.2 Å². The van der Waals surface area contributed by atoms with E-state index in [0.29, 0.717) is 0 Å². The largest absolute Gasteiger partial charge is 0.480 e. The molecule has 10 nitrogen and oxygen atoms in total. The van der Waals surface area contributed by atoms with Crippen LogP contribution in [0.3, 0.4) is 0 Å². The molecule has 0 aromatic carbocycles. The molecule has 0 bridgehead atoms. The third kappa shape index (κ3) is 7.88. The van der Waals surface area contributed by atoms with E-state index in [-0.39, 0.29) is 18.9 Å². The van der Waals surface area contributed by atoms with Crippen molar-refractivity contribution < 1.29 is 29.4 Å². The Morgan fingerprint density at radius 3 is 1.92 bits per heavy atom. The van der Waals surface area contributed by atoms with Crippen molar-refractivity contribution in [3.8, 4) is 0 Å². The van der Waals surface area contributed by atoms with Crippen molar-refractivity contribution in [3.63, 3.8) is 0 Å². The van der Waals surface area contributed by atoms with Gasteiger partial charge in [-0.15, -0.1) is 0 Å². The van der Waals surface area contributed by atoms with Gasteiger partial charge >= 0.3 is 5.97 Å². The maximum absolute atomic E-state index is 12.2. The second-order valence-electron chi connectivity index (χ2n) is 5.77. The summed E-state index contributed by atoms with van der Waals surface area (Å²) in [7, 11) is 0. The average molecular weight is 346 g/mol. The van der Waals surface area contributed by atoms with Gasteiger partial charge in [0.05, 0.1) is 13.2 Å². The van der Waals surface area contributed by atoms with Gasteiger partial charge < -0.3 is 31.9 Å². The van der Waals surface area contributed by atoms with Crippen LogP contribution in [0.15, 0.2) is 0 Å². The maximum Gasteiger partial charge on any atom is 0.328 e. The van der Waals surface area contributed by atoms with E-state index >= 15 is 0 Å². The minimum Gasteiger partial charge on any atom is -0.480 e. The van der Waals surface area contributed by atoms with Crippen LogP contribution in [0.5, 0.6) is 0 Å². The van der Waals surface area contributed by atoms with Gasteiger partial charge in [-0.1, -0.05) is 13.8 Å². The van der Waals surface area contributed by atoms with Gasteiger partial charge in [-0.25, -0.2) is 4.79 Å². The zero-order valence-electron chi connectivity index (χ0n) is 14.0. The summed E-state index contributed by atoms with van der Waals surface area (Å²) in [5.74, 6) is -3.20. The molecule has 0 saturated heterocycles. The van der Waals surface area contributed by atoms with E-state index in [1.54, 1.807) is 0 Å². The Hall–Kier alpha value is -2.20. The lowest BCUT2D eigenvalue weighted by molar-refractivity contribution is -0.143. The minimum atomic E-state index is -1.46. The fourth-order valence-electron chi connectivity index (χ4n) is 1.82. The SMILES string of the molecule is CC(C)CC(NC(=O)C(C)NC(=O)CN)C(=O)NC(CO)C(=O)O. The molecule has 0 saturated carbocycles. The first-order valence-electron chi connectivity index (χ1n) is 7.56. The topological polar surface area (TPSA) is 171 Å². The molecule has 0 rings (SSSR count). The van der Waals surface area contributed by atoms with Crippen LogP contribution < -0.4 is 21.7 Å². The number of amides is 3. The lowest BCUT2D eigenvalue weighted by Gasteiger charge is -2.23. The fraction of sp³-hybridized carbons (Fsp3) is 0.714. The Labute approximate surface area is 140 Å². The number of hydrogen-bond acceptors (Lipinski definition) is 6. The van der Waals surface area contributed by atoms with E-state index in [1.807, 2.05) is 13.8 Å². The van der Waals surface area contributed by atoms with Gasteiger partial charge in [0.1, 0.15) is 18.1 Å². The van der Waals surface area contributed by atoms with Gasteiger partial charge in [-0.3, -0.25) is 14.4 Å². The average Bonchev–Trinajstić information content (AvgIpc) is 2.50. The van der Waals surface area contributed by atoms with Crippen molar-refractivity contribution in [2.24, 2.45) is 11.7 Å². The van der Waals surface area contributed by atoms with Crippen molar-refractivity contribution in [2.75, 3.05) is 13.2 Å². The van der Waals surface area contributed by atoms with Gasteiger partial charge in [0.2, 0.25) is 17.7 Å². The fourth-order valence-corrected chi connectivity index (χ4v) is 1.82. The summed E-state index contributed by atoms with van der Waals surface area (Å²) in [6, 6.07) is -3.36. The Bertz CT molecular complexity index is 468. The number of nitrogens with two attached hydrogens (primary N) is 1. The number of aliphatic hydroxyl groups excluding tert-OH is 1. The number of aliphatic hydroxyl groups is 1. The summed E-state index contributed by atoms with van der Waals surface area (Å²) in [5.41, 5.74) is 5.15. The third-order valence-electron chi connectivity index (χ3n) is 3.09. The molecular weight excluding hydrogens is 320 g/mol. The molecule has 0 aliphatic heterocycles. The Morgan fingerprint density at radius 2 is 1.50 bits per heavy atom. The summed E-state index contributed by atoms with van der Waals surface area (Å²) < 4.78 is 0. The first kappa shape index (κ1) is 21.8. The number of hydrogen-bond donors (Lipinski definition) is 6. The normalized spacial score (nSPS) is 14.4. The van der Waals surface area contributed by atoms with Gasteiger partial charge in [-0.2, -0.15) is 0 Å². The summed E-state index contributed by atoms with van der Waals surface area (Å²) in [6.07, 6.45) is 0.257. The number of nitrogens with one attached hydrogen (secondary N) is 3. The van der Waals surface area contributed by atoms with Crippen molar-refractivity contribution in [3.05, 3.63) is 0 Å². The van der Waals surface area contributed by atoms with Crippen LogP contribution >= 0.6 is 0 Å². The molecular formula is C14H26N4O6. The van der Waals surface area contributed by atoms with E-state index in [9.17, 15) is 19.2 Å². The van der Waals surface area contributed by atoms with Crippen molar-refractivity contribution in [1.29, 1.82) is 0 Å². The van der Waals surface area contributed by atoms with Crippen molar-refractivity contribution in [2.45, 2.75) is 45.3 Å². The second-order valence-corrected chi connectivity index (χ2v) is 5.77. The monoisotopic (exact) mass is 346 g/mol. The molecule has 10 heteroatoms. The molecule has 138 valence electrons. The van der Waals surface area contributed by atoms with Crippen LogP contribution in [0.2, 0.25) is 0 Å². The van der Waals surface area contributed by atoms with Gasteiger partial charge in [0.25, 0.3) is 0 Å². The molecule has 24 heavy (non-hydrogen) atoms. The highest BCUT2D eigenvalue weighted by molar-refractivity contribution is 5.93. The standard InChI is InChI=1S/C14H26N4O6/c1-7(2)4-9(13(22)18-10(6-19)14(23)24)17-12(21)8(3)16-11(20)5-15/h7-10,19H,4-6,15H2,1-3H3,(H,16,20)(H,17,21)(H,18,22)(H,23,24). The van der Waals surface area contributed by atoms with Crippen LogP contribution in [0, 0.1) is 5.92 Å². The van der Waals surface area contributed by atoms with E-state index in [1.165, 1.54) is 6.92 Å². The van der Waals surface area contributed by atoms with E-state index in [2.05, 4.69) is 16.0 Å². The van der Waals surface area contributed by atoms with Gasteiger partial charge in [0, 0.05) is 0 Å². The Kier molecular flexibility index (Phi) is 9.58. The highest BCUT2D eigenvalue weighted by Gasteiger charge is 2.28. The molecule has 0 aromatic heterocycles. The number of carbonyl (C=O) groups is 4. The summed E-state index contributed by atoms with van der Waals surface area (Å²) >= 11 is 0. The Balaban J connectivity index is 4.93. The zero-order valence-corrected chi connectivity index (χ0v) is 14.0. The highest BCUT2D eigenvalue weighted by Crippen LogP contribution is 2.06. The molecule has 0 radical (unpaired) electrons. The summed E-state index contributed by atoms with van der Waals surface area (Å²) in [5, 5.41) is 24.8. The first-order chi connectivity index (χ1) is 11.1. The number of carbonyl (C=O) groups excluding carboxylic acids is 3. The maximum atomic E-state index is 12.2. The van der Waals surface area contributed by atoms with Gasteiger partial charge in [0.15, 0.2) is 0 Å². The lowest BCUT2D eigenvalue weighted by atomic mass is 10.0. The van der Waals surface area contributed by atoms with E-state index in [0.717, 1.165) is 0 Å². The predicted octanol–water partition coefficient (Wildman–Crippen LogP) is -2.46. The number of aliphatic carboxylic acids is 1. The van der Waals surface area contributed by atoms with Crippen LogP contribution in [0.25, 0.3) is 0 Å². The molecule has 0 aliphatic carbocycles. The number of carboxylic acid groups (broad SMARTS) is 1. The number of carboxylic acids is 1. The smallest absolute Gasteiger partial charge is 0.328 e. The molecule has 0 fully saturated rings. The van der Waals surface area contributed by atoms with Crippen LogP contribution in [-0.4, -0.2) is 65.2 Å². The van der Waals surface area contributed by atoms with E-state index < -0.39 is 48.4 Å². The molecule has 7 N–H and O–H groups in total. The molecule has 0 spiro atoms. The van der Waals surface area contributed by atoms with E-state index in [4.69, 9.17) is 15.9 Å². The zero-order chi connectivity index (χ0) is 18.9. The van der Waals surface area contributed by atoms with Gasteiger partial charge in [-0.05, 0) is 19.3 Å². The summed E-state index contributed by atoms with van der Waals surface area (Å²) in [6.45, 7) is 4.04. The minimum absolute atomic E-state index is 0.0346. The van der Waals surface area contributed by atoms with Crippen LogP contribution in [0.4, 0.5) is 0 Å². The second kappa shape index (κ2) is 10.6. The van der Waals surface area contributed by atoms with Crippen molar-refractivity contribution >= 4 is 23.7 Å². The molecule has 3 unspecified atom stereocenters. The predicted molar refractivity (Wildman–Crippen MR) is 84.7 cm³/mol. The third-order valence-corrected chi connectivity index (χ3v) is 3.09. The van der Waals surface area contributed by atoms with Crippen molar-refractivity contribution in [1.82, 2.24) is 16.0 Å². The molecule has 0 heterocycles. The highest BCUT2D eigenvalue weighted by atomic mass is 16.4. The quantitative estimate of drug-likeness (QED) is 0.255.